The minimum atomic E-state index is -0.354. The molecule has 98 valence electrons. The summed E-state index contributed by atoms with van der Waals surface area (Å²) in [5.41, 5.74) is 0.368. The Hall–Kier alpha value is -2.11. The molecule has 0 bridgehead atoms. The summed E-state index contributed by atoms with van der Waals surface area (Å²) in [6.07, 6.45) is 1.70. The standard InChI is InChI=1S/C12H16N2O4/c1-14(8-6-10(15)17-2)12(16)9-5-4-7-13-11(9)18-3/h4-5,7H,6,8H2,1-3H3. The minimum absolute atomic E-state index is 0.154. The summed E-state index contributed by atoms with van der Waals surface area (Å²) < 4.78 is 9.53. The summed E-state index contributed by atoms with van der Waals surface area (Å²) in [5.74, 6) is -0.330. The van der Waals surface area contributed by atoms with Crippen molar-refractivity contribution in [3.05, 3.63) is 23.9 Å². The Bertz CT molecular complexity index is 434. The maximum Gasteiger partial charge on any atom is 0.307 e. The van der Waals surface area contributed by atoms with Gasteiger partial charge in [0, 0.05) is 19.8 Å². The van der Waals surface area contributed by atoms with Gasteiger partial charge in [0.2, 0.25) is 5.88 Å². The fraction of sp³-hybridized carbons (Fsp3) is 0.417. The Labute approximate surface area is 106 Å². The van der Waals surface area contributed by atoms with Crippen molar-refractivity contribution in [2.24, 2.45) is 0 Å². The molecule has 1 aromatic heterocycles. The lowest BCUT2D eigenvalue weighted by Crippen LogP contribution is -2.29. The molecule has 0 aliphatic rings. The second kappa shape index (κ2) is 6.58. The number of amides is 1. The number of aromatic nitrogens is 1. The Morgan fingerprint density at radius 1 is 1.39 bits per heavy atom. The number of carbonyl (C=O) groups is 2. The van der Waals surface area contributed by atoms with Gasteiger partial charge in [-0.25, -0.2) is 4.98 Å². The number of ether oxygens (including phenoxy) is 2. The molecule has 0 aromatic carbocycles. The smallest absolute Gasteiger partial charge is 0.307 e. The first kappa shape index (κ1) is 14.0. The molecule has 1 aromatic rings. The summed E-state index contributed by atoms with van der Waals surface area (Å²) in [4.78, 5) is 28.5. The van der Waals surface area contributed by atoms with E-state index in [1.54, 1.807) is 25.4 Å². The third-order valence-corrected chi connectivity index (χ3v) is 2.42. The first-order valence-electron chi connectivity index (χ1n) is 5.41. The highest BCUT2D eigenvalue weighted by Crippen LogP contribution is 2.15. The van der Waals surface area contributed by atoms with E-state index in [2.05, 4.69) is 9.72 Å². The van der Waals surface area contributed by atoms with Crippen molar-refractivity contribution in [3.63, 3.8) is 0 Å². The molecule has 1 rings (SSSR count). The van der Waals surface area contributed by atoms with Gasteiger partial charge in [0.25, 0.3) is 5.91 Å². The van der Waals surface area contributed by atoms with Crippen LogP contribution in [0.15, 0.2) is 18.3 Å². The lowest BCUT2D eigenvalue weighted by Gasteiger charge is -2.17. The van der Waals surface area contributed by atoms with Crippen molar-refractivity contribution in [3.8, 4) is 5.88 Å². The van der Waals surface area contributed by atoms with E-state index in [4.69, 9.17) is 4.74 Å². The zero-order valence-electron chi connectivity index (χ0n) is 10.7. The second-order valence-electron chi connectivity index (χ2n) is 3.61. The van der Waals surface area contributed by atoms with Crippen LogP contribution in [0.3, 0.4) is 0 Å². The van der Waals surface area contributed by atoms with E-state index in [1.165, 1.54) is 19.1 Å². The first-order valence-corrected chi connectivity index (χ1v) is 5.41. The zero-order chi connectivity index (χ0) is 13.5. The van der Waals surface area contributed by atoms with Crippen LogP contribution in [0, 0.1) is 0 Å². The number of nitrogens with zero attached hydrogens (tertiary/aromatic N) is 2. The van der Waals surface area contributed by atoms with E-state index < -0.39 is 0 Å². The number of pyridine rings is 1. The van der Waals surface area contributed by atoms with Crippen LogP contribution in [0.4, 0.5) is 0 Å². The molecule has 0 saturated heterocycles. The first-order chi connectivity index (χ1) is 8.60. The van der Waals surface area contributed by atoms with E-state index in [0.29, 0.717) is 5.56 Å². The SMILES string of the molecule is COC(=O)CCN(C)C(=O)c1cccnc1OC. The molecule has 6 nitrogen and oxygen atoms in total. The van der Waals surface area contributed by atoms with Gasteiger partial charge in [-0.1, -0.05) is 0 Å². The van der Waals surface area contributed by atoms with Crippen LogP contribution in [-0.4, -0.2) is 49.6 Å². The van der Waals surface area contributed by atoms with Crippen molar-refractivity contribution in [2.45, 2.75) is 6.42 Å². The van der Waals surface area contributed by atoms with Gasteiger partial charge in [-0.15, -0.1) is 0 Å². The van der Waals surface area contributed by atoms with Crippen LogP contribution in [-0.2, 0) is 9.53 Å². The fourth-order valence-electron chi connectivity index (χ4n) is 1.38. The average molecular weight is 252 g/mol. The van der Waals surface area contributed by atoms with Crippen LogP contribution >= 0.6 is 0 Å². The van der Waals surface area contributed by atoms with Crippen molar-refractivity contribution in [1.82, 2.24) is 9.88 Å². The van der Waals surface area contributed by atoms with Crippen molar-refractivity contribution in [2.75, 3.05) is 27.8 Å². The van der Waals surface area contributed by atoms with Crippen LogP contribution in [0.25, 0.3) is 0 Å². The predicted octanol–water partition coefficient (Wildman–Crippen LogP) is 0.725. The van der Waals surface area contributed by atoms with Gasteiger partial charge in [-0.3, -0.25) is 9.59 Å². The number of esters is 1. The van der Waals surface area contributed by atoms with Gasteiger partial charge in [0.05, 0.1) is 20.6 Å². The highest BCUT2D eigenvalue weighted by molar-refractivity contribution is 5.96. The highest BCUT2D eigenvalue weighted by Gasteiger charge is 2.17. The van der Waals surface area contributed by atoms with Gasteiger partial charge in [-0.2, -0.15) is 0 Å². The Balaban J connectivity index is 2.71. The monoisotopic (exact) mass is 252 g/mol. The molecule has 0 unspecified atom stereocenters. The summed E-state index contributed by atoms with van der Waals surface area (Å²) in [7, 11) is 4.37. The summed E-state index contributed by atoms with van der Waals surface area (Å²) in [6, 6.07) is 3.28. The lowest BCUT2D eigenvalue weighted by atomic mass is 10.2. The van der Waals surface area contributed by atoms with E-state index in [-0.39, 0.29) is 30.7 Å². The Morgan fingerprint density at radius 2 is 2.11 bits per heavy atom. The molecule has 0 aliphatic carbocycles. The van der Waals surface area contributed by atoms with Crippen molar-refractivity contribution < 1.29 is 19.1 Å². The number of methoxy groups -OCH3 is 2. The van der Waals surface area contributed by atoms with Gasteiger partial charge < -0.3 is 14.4 Å². The average Bonchev–Trinajstić information content (AvgIpc) is 2.43. The molecule has 1 amide bonds. The predicted molar refractivity (Wildman–Crippen MR) is 64.4 cm³/mol. The number of hydrogen-bond acceptors (Lipinski definition) is 5. The van der Waals surface area contributed by atoms with E-state index in [9.17, 15) is 9.59 Å². The van der Waals surface area contributed by atoms with Crippen LogP contribution < -0.4 is 4.74 Å². The third-order valence-electron chi connectivity index (χ3n) is 2.42. The fourth-order valence-corrected chi connectivity index (χ4v) is 1.38. The van der Waals surface area contributed by atoms with Gasteiger partial charge in [0.1, 0.15) is 5.56 Å². The van der Waals surface area contributed by atoms with Gasteiger partial charge >= 0.3 is 5.97 Å². The maximum atomic E-state index is 12.1. The molecule has 18 heavy (non-hydrogen) atoms. The van der Waals surface area contributed by atoms with Gasteiger partial charge in [0.15, 0.2) is 0 Å². The van der Waals surface area contributed by atoms with Crippen LogP contribution in [0.2, 0.25) is 0 Å². The molecule has 6 heteroatoms. The minimum Gasteiger partial charge on any atom is -0.480 e. The van der Waals surface area contributed by atoms with Gasteiger partial charge in [-0.05, 0) is 12.1 Å². The molecule has 0 fully saturated rings. The Kier molecular flexibility index (Phi) is 5.10. The van der Waals surface area contributed by atoms with E-state index in [1.807, 2.05) is 0 Å². The van der Waals surface area contributed by atoms with Crippen molar-refractivity contribution >= 4 is 11.9 Å². The van der Waals surface area contributed by atoms with Crippen LogP contribution in [0.1, 0.15) is 16.8 Å². The molecule has 0 N–H and O–H groups in total. The molecular formula is C12H16N2O4. The number of hydrogen-bond donors (Lipinski definition) is 0. The molecule has 0 saturated carbocycles. The molecule has 0 aliphatic heterocycles. The van der Waals surface area contributed by atoms with Crippen LogP contribution in [0.5, 0.6) is 5.88 Å². The lowest BCUT2D eigenvalue weighted by molar-refractivity contribution is -0.140. The zero-order valence-corrected chi connectivity index (χ0v) is 10.7. The molecular weight excluding hydrogens is 236 g/mol. The quantitative estimate of drug-likeness (QED) is 0.722. The molecule has 0 spiro atoms. The summed E-state index contributed by atoms with van der Waals surface area (Å²) in [5, 5.41) is 0. The summed E-state index contributed by atoms with van der Waals surface area (Å²) in [6.45, 7) is 0.281. The summed E-state index contributed by atoms with van der Waals surface area (Å²) >= 11 is 0. The number of rotatable bonds is 5. The Morgan fingerprint density at radius 3 is 2.72 bits per heavy atom. The normalized spacial score (nSPS) is 9.72. The molecule has 0 atom stereocenters. The largest absolute Gasteiger partial charge is 0.480 e. The van der Waals surface area contributed by atoms with E-state index in [0.717, 1.165) is 0 Å². The number of carbonyl (C=O) groups excluding carboxylic acids is 2. The molecule has 1 heterocycles. The maximum absolute atomic E-state index is 12.1. The van der Waals surface area contributed by atoms with Crippen molar-refractivity contribution in [1.29, 1.82) is 0 Å². The third kappa shape index (κ3) is 3.44. The highest BCUT2D eigenvalue weighted by atomic mass is 16.5. The second-order valence-corrected chi connectivity index (χ2v) is 3.61. The molecule has 0 radical (unpaired) electrons. The topological polar surface area (TPSA) is 68.7 Å². The van der Waals surface area contributed by atoms with E-state index >= 15 is 0 Å².